The lowest BCUT2D eigenvalue weighted by molar-refractivity contribution is -0.110. The zero-order valence-corrected chi connectivity index (χ0v) is 18.3. The van der Waals surface area contributed by atoms with E-state index in [-0.39, 0.29) is 11.8 Å². The third kappa shape index (κ3) is 3.96. The second-order valence-corrected chi connectivity index (χ2v) is 7.97. The molecule has 1 aliphatic rings. The maximum atomic E-state index is 12.7. The highest BCUT2D eigenvalue weighted by molar-refractivity contribution is 6.34. The van der Waals surface area contributed by atoms with Gasteiger partial charge in [-0.05, 0) is 42.8 Å². The van der Waals surface area contributed by atoms with E-state index in [1.807, 2.05) is 61.0 Å². The molecular formula is C26H22N4O3. The van der Waals surface area contributed by atoms with Crippen LogP contribution in [0.2, 0.25) is 0 Å². The summed E-state index contributed by atoms with van der Waals surface area (Å²) in [6.07, 6.45) is 5.19. The molecule has 0 bridgehead atoms. The first-order chi connectivity index (χ1) is 16.0. The van der Waals surface area contributed by atoms with E-state index in [1.165, 1.54) is 0 Å². The number of nitrogens with one attached hydrogen (secondary N) is 2. The number of benzene rings is 2. The number of aromatic nitrogens is 2. The van der Waals surface area contributed by atoms with Crippen molar-refractivity contribution < 1.29 is 14.0 Å². The zero-order valence-electron chi connectivity index (χ0n) is 18.3. The number of nitrogens with zero attached hydrogens (tertiary/aromatic N) is 2. The van der Waals surface area contributed by atoms with Gasteiger partial charge in [-0.25, -0.2) is 4.98 Å². The molecule has 0 saturated heterocycles. The normalized spacial score (nSPS) is 13.8. The van der Waals surface area contributed by atoms with Gasteiger partial charge in [0.1, 0.15) is 11.5 Å². The Hall–Kier alpha value is -4.39. The van der Waals surface area contributed by atoms with Crippen LogP contribution in [0.3, 0.4) is 0 Å². The Morgan fingerprint density at radius 2 is 2.03 bits per heavy atom. The summed E-state index contributed by atoms with van der Waals surface area (Å²) in [6, 6.07) is 16.8. The number of anilines is 1. The number of fused-ring (bicyclic) bond motifs is 1. The van der Waals surface area contributed by atoms with Crippen molar-refractivity contribution in [3.05, 3.63) is 95.3 Å². The van der Waals surface area contributed by atoms with Gasteiger partial charge in [-0.15, -0.1) is 0 Å². The smallest absolute Gasteiger partial charge is 0.256 e. The molecule has 5 rings (SSSR count). The van der Waals surface area contributed by atoms with Gasteiger partial charge in [0.15, 0.2) is 0 Å². The molecular weight excluding hydrogens is 416 g/mol. The van der Waals surface area contributed by atoms with Crippen LogP contribution in [-0.4, -0.2) is 21.4 Å². The fraction of sp³-hybridized carbons (Fsp3) is 0.115. The summed E-state index contributed by atoms with van der Waals surface area (Å²) >= 11 is 0. The first-order valence-corrected chi connectivity index (χ1v) is 10.6. The second kappa shape index (κ2) is 8.27. The molecule has 3 heterocycles. The Morgan fingerprint density at radius 3 is 2.85 bits per heavy atom. The SMILES string of the molecule is Cc1cc(-c2cccc(C(=O)NCc3cncn3C)c2)oc1C=C1C(=O)Nc2ccccc21. The largest absolute Gasteiger partial charge is 0.456 e. The Bertz CT molecular complexity index is 1410. The van der Waals surface area contributed by atoms with Crippen molar-refractivity contribution in [1.82, 2.24) is 14.9 Å². The molecule has 0 aliphatic carbocycles. The topological polar surface area (TPSA) is 89.2 Å². The molecule has 33 heavy (non-hydrogen) atoms. The summed E-state index contributed by atoms with van der Waals surface area (Å²) in [5.74, 6) is 0.911. The molecule has 164 valence electrons. The summed E-state index contributed by atoms with van der Waals surface area (Å²) in [5, 5.41) is 5.79. The number of carbonyl (C=O) groups is 2. The Kier molecular flexibility index (Phi) is 5.14. The molecule has 0 unspecified atom stereocenters. The molecule has 0 saturated carbocycles. The summed E-state index contributed by atoms with van der Waals surface area (Å²) in [5.41, 5.74) is 5.35. The van der Waals surface area contributed by atoms with E-state index >= 15 is 0 Å². The highest BCUT2D eigenvalue weighted by Gasteiger charge is 2.24. The maximum absolute atomic E-state index is 12.7. The number of hydrogen-bond acceptors (Lipinski definition) is 4. The Balaban J connectivity index is 1.39. The summed E-state index contributed by atoms with van der Waals surface area (Å²) < 4.78 is 7.96. The van der Waals surface area contributed by atoms with Gasteiger partial charge in [0.25, 0.3) is 11.8 Å². The minimum atomic E-state index is -0.178. The van der Waals surface area contributed by atoms with Crippen molar-refractivity contribution in [2.75, 3.05) is 5.32 Å². The van der Waals surface area contributed by atoms with Gasteiger partial charge in [0, 0.05) is 35.6 Å². The average molecular weight is 438 g/mol. The number of hydrogen-bond donors (Lipinski definition) is 2. The van der Waals surface area contributed by atoms with Crippen LogP contribution < -0.4 is 10.6 Å². The zero-order chi connectivity index (χ0) is 22.9. The molecule has 2 aromatic carbocycles. The maximum Gasteiger partial charge on any atom is 0.256 e. The molecule has 2 amide bonds. The predicted molar refractivity (Wildman–Crippen MR) is 126 cm³/mol. The van der Waals surface area contributed by atoms with Crippen molar-refractivity contribution in [3.8, 4) is 11.3 Å². The van der Waals surface area contributed by atoms with Crippen LogP contribution in [0.25, 0.3) is 23.0 Å². The third-order valence-corrected chi connectivity index (χ3v) is 5.70. The van der Waals surface area contributed by atoms with Crippen molar-refractivity contribution >= 4 is 29.2 Å². The van der Waals surface area contributed by atoms with Gasteiger partial charge in [0.2, 0.25) is 0 Å². The van der Waals surface area contributed by atoms with E-state index in [0.29, 0.717) is 29.2 Å². The van der Waals surface area contributed by atoms with E-state index in [1.54, 1.807) is 30.7 Å². The van der Waals surface area contributed by atoms with Crippen LogP contribution in [0, 0.1) is 6.92 Å². The number of imidazole rings is 1. The van der Waals surface area contributed by atoms with Gasteiger partial charge < -0.3 is 19.6 Å². The molecule has 4 aromatic rings. The lowest BCUT2D eigenvalue weighted by Crippen LogP contribution is -2.23. The van der Waals surface area contributed by atoms with E-state index in [0.717, 1.165) is 28.1 Å². The van der Waals surface area contributed by atoms with Crippen molar-refractivity contribution in [1.29, 1.82) is 0 Å². The van der Waals surface area contributed by atoms with Gasteiger partial charge in [-0.1, -0.05) is 30.3 Å². The van der Waals surface area contributed by atoms with E-state index in [9.17, 15) is 9.59 Å². The molecule has 0 spiro atoms. The third-order valence-electron chi connectivity index (χ3n) is 5.70. The van der Waals surface area contributed by atoms with Crippen molar-refractivity contribution in [2.45, 2.75) is 13.5 Å². The lowest BCUT2D eigenvalue weighted by atomic mass is 10.1. The minimum absolute atomic E-state index is 0.152. The number of aryl methyl sites for hydroxylation is 2. The quantitative estimate of drug-likeness (QED) is 0.452. The summed E-state index contributed by atoms with van der Waals surface area (Å²) in [6.45, 7) is 2.32. The van der Waals surface area contributed by atoms with Crippen LogP contribution in [0.1, 0.15) is 32.9 Å². The fourth-order valence-corrected chi connectivity index (χ4v) is 3.84. The van der Waals surface area contributed by atoms with Gasteiger partial charge in [0.05, 0.1) is 24.1 Å². The first kappa shape index (κ1) is 20.5. The van der Waals surface area contributed by atoms with Crippen LogP contribution in [0.4, 0.5) is 5.69 Å². The van der Waals surface area contributed by atoms with Crippen molar-refractivity contribution in [2.24, 2.45) is 7.05 Å². The second-order valence-electron chi connectivity index (χ2n) is 7.97. The van der Waals surface area contributed by atoms with E-state index in [2.05, 4.69) is 15.6 Å². The predicted octanol–water partition coefficient (Wildman–Crippen LogP) is 4.41. The molecule has 2 N–H and O–H groups in total. The minimum Gasteiger partial charge on any atom is -0.456 e. The molecule has 7 nitrogen and oxygen atoms in total. The molecule has 0 radical (unpaired) electrons. The molecule has 0 fully saturated rings. The monoisotopic (exact) mass is 438 g/mol. The first-order valence-electron chi connectivity index (χ1n) is 10.6. The molecule has 0 atom stereocenters. The number of carbonyl (C=O) groups excluding carboxylic acids is 2. The highest BCUT2D eigenvalue weighted by atomic mass is 16.3. The van der Waals surface area contributed by atoms with Gasteiger partial charge >= 0.3 is 0 Å². The van der Waals surface area contributed by atoms with E-state index < -0.39 is 0 Å². The number of para-hydroxylation sites is 1. The van der Waals surface area contributed by atoms with Gasteiger partial charge in [-0.2, -0.15) is 0 Å². The Labute approximate surface area is 190 Å². The Morgan fingerprint density at radius 1 is 1.18 bits per heavy atom. The number of furan rings is 1. The highest BCUT2D eigenvalue weighted by Crippen LogP contribution is 2.35. The van der Waals surface area contributed by atoms with Crippen LogP contribution in [-0.2, 0) is 18.4 Å². The molecule has 2 aromatic heterocycles. The lowest BCUT2D eigenvalue weighted by Gasteiger charge is -2.07. The summed E-state index contributed by atoms with van der Waals surface area (Å²) in [4.78, 5) is 29.2. The fourth-order valence-electron chi connectivity index (χ4n) is 3.84. The number of rotatable bonds is 5. The van der Waals surface area contributed by atoms with Crippen molar-refractivity contribution in [3.63, 3.8) is 0 Å². The van der Waals surface area contributed by atoms with Crippen LogP contribution in [0.5, 0.6) is 0 Å². The van der Waals surface area contributed by atoms with E-state index in [4.69, 9.17) is 4.42 Å². The number of amides is 2. The van der Waals surface area contributed by atoms with Crippen LogP contribution >= 0.6 is 0 Å². The average Bonchev–Trinajstić information content (AvgIpc) is 3.50. The van der Waals surface area contributed by atoms with Gasteiger partial charge in [-0.3, -0.25) is 9.59 Å². The molecule has 1 aliphatic heterocycles. The summed E-state index contributed by atoms with van der Waals surface area (Å²) in [7, 11) is 1.88. The van der Waals surface area contributed by atoms with Crippen LogP contribution in [0.15, 0.2) is 71.5 Å². The standard InChI is InChI=1S/C26H22N4O3/c1-16-10-24(33-23(16)12-21-20-8-3-4-9-22(20)29-26(21)32)17-6-5-7-18(11-17)25(31)28-14-19-13-27-15-30(19)2/h3-13,15H,14H2,1-2H3,(H,28,31)(H,29,32). The molecule has 7 heteroatoms.